The van der Waals surface area contributed by atoms with Gasteiger partial charge in [0.05, 0.1) is 0 Å². The lowest BCUT2D eigenvalue weighted by atomic mass is 9.60. The van der Waals surface area contributed by atoms with E-state index in [1.54, 1.807) is 0 Å². The predicted octanol–water partition coefficient (Wildman–Crippen LogP) is 3.05. The molecule has 0 aromatic rings. The van der Waals surface area contributed by atoms with Crippen LogP contribution in [-0.2, 0) is 4.79 Å². The second-order valence-corrected chi connectivity index (χ2v) is 7.31. The van der Waals surface area contributed by atoms with Gasteiger partial charge in [0.15, 0.2) is 0 Å². The van der Waals surface area contributed by atoms with Crippen molar-refractivity contribution in [3.8, 4) is 0 Å². The quantitative estimate of drug-likeness (QED) is 0.619. The molecule has 1 aliphatic carbocycles. The fourth-order valence-electron chi connectivity index (χ4n) is 2.63. The molecule has 2 fully saturated rings. The van der Waals surface area contributed by atoms with Crippen molar-refractivity contribution in [3.63, 3.8) is 0 Å². The molecule has 0 bridgehead atoms. The Kier molecular flexibility index (Phi) is 2.11. The third-order valence-corrected chi connectivity index (χ3v) is 5.50. The van der Waals surface area contributed by atoms with Crippen LogP contribution in [-0.4, -0.2) is 15.8 Å². The maximum absolute atomic E-state index is 11.8. The van der Waals surface area contributed by atoms with E-state index in [4.69, 9.17) is 0 Å². The first-order valence-corrected chi connectivity index (χ1v) is 6.10. The summed E-state index contributed by atoms with van der Waals surface area (Å²) in [6.45, 7) is 10.5. The van der Waals surface area contributed by atoms with E-state index in [0.717, 1.165) is 12.8 Å². The van der Waals surface area contributed by atoms with Crippen LogP contribution >= 0.6 is 11.8 Å². The maximum atomic E-state index is 11.8. The maximum Gasteiger partial charge on any atom is 0.138 e. The summed E-state index contributed by atoms with van der Waals surface area (Å²) in [6.07, 6.45) is 3.80. The van der Waals surface area contributed by atoms with Crippen molar-refractivity contribution in [2.45, 2.75) is 43.6 Å². The van der Waals surface area contributed by atoms with E-state index < -0.39 is 0 Å². The van der Waals surface area contributed by atoms with Crippen molar-refractivity contribution in [1.82, 2.24) is 0 Å². The molecule has 3 atom stereocenters. The Morgan fingerprint density at radius 3 is 2.71 bits per heavy atom. The van der Waals surface area contributed by atoms with Crippen LogP contribution < -0.4 is 0 Å². The van der Waals surface area contributed by atoms with Crippen LogP contribution in [0.2, 0.25) is 0 Å². The fraction of sp³-hybridized carbons (Fsp3) is 0.750. The summed E-state index contributed by atoms with van der Waals surface area (Å²) in [5.41, 5.74) is 0.197. The van der Waals surface area contributed by atoms with Crippen molar-refractivity contribution >= 4 is 17.5 Å². The first-order chi connectivity index (χ1) is 6.38. The number of rotatable bonds is 1. The number of carbonyl (C=O) groups excluding carboxylic acids is 1. The number of hydrogen-bond donors (Lipinski definition) is 0. The lowest BCUT2D eigenvalue weighted by Gasteiger charge is -2.56. The van der Waals surface area contributed by atoms with Crippen molar-refractivity contribution in [3.05, 3.63) is 12.7 Å². The van der Waals surface area contributed by atoms with Crippen LogP contribution in [0.25, 0.3) is 0 Å². The lowest BCUT2D eigenvalue weighted by molar-refractivity contribution is -0.129. The Morgan fingerprint density at radius 2 is 2.14 bits per heavy atom. The predicted molar refractivity (Wildman–Crippen MR) is 61.5 cm³/mol. The molecule has 0 unspecified atom stereocenters. The van der Waals surface area contributed by atoms with E-state index in [1.165, 1.54) is 0 Å². The summed E-state index contributed by atoms with van der Waals surface area (Å²) in [7, 11) is 0. The third kappa shape index (κ3) is 1.35. The van der Waals surface area contributed by atoms with Gasteiger partial charge in [-0.05, 0) is 11.8 Å². The number of thioether (sulfide) groups is 1. The number of Topliss-reactive ketones (excluding diaryl/α,β-unsaturated/α-hetero) is 1. The standard InChI is InChI=1S/C12H18OS/c1-5-12(4)6-8-9(13)7-11(2,3)14-10(8)12/h5,8,10H,1,6-7H2,2-4H3/t8-,10-,12+/m1/s1. The largest absolute Gasteiger partial charge is 0.299 e. The van der Waals surface area contributed by atoms with Gasteiger partial charge in [-0.2, -0.15) is 11.8 Å². The van der Waals surface area contributed by atoms with E-state index in [-0.39, 0.29) is 10.2 Å². The van der Waals surface area contributed by atoms with Crippen LogP contribution in [0.15, 0.2) is 12.7 Å². The van der Waals surface area contributed by atoms with Crippen LogP contribution in [0.3, 0.4) is 0 Å². The molecular formula is C12H18OS. The molecule has 1 aliphatic heterocycles. The average molecular weight is 210 g/mol. The number of hydrogen-bond acceptors (Lipinski definition) is 2. The second-order valence-electron chi connectivity index (χ2n) is 5.46. The zero-order valence-electron chi connectivity index (χ0n) is 9.17. The Balaban J connectivity index is 2.21. The van der Waals surface area contributed by atoms with Crippen LogP contribution in [0, 0.1) is 11.3 Å². The molecule has 14 heavy (non-hydrogen) atoms. The van der Waals surface area contributed by atoms with Crippen LogP contribution in [0.5, 0.6) is 0 Å². The number of fused-ring (bicyclic) bond motifs is 1. The number of allylic oxidation sites excluding steroid dienone is 1. The highest BCUT2D eigenvalue weighted by molar-refractivity contribution is 8.01. The molecule has 78 valence electrons. The van der Waals surface area contributed by atoms with E-state index in [9.17, 15) is 4.79 Å². The van der Waals surface area contributed by atoms with Crippen molar-refractivity contribution in [2.24, 2.45) is 11.3 Å². The summed E-state index contributed by atoms with van der Waals surface area (Å²) in [5, 5.41) is 0.483. The lowest BCUT2D eigenvalue weighted by Crippen LogP contribution is -2.56. The summed E-state index contributed by atoms with van der Waals surface area (Å²) in [4.78, 5) is 11.8. The molecule has 1 nitrogen and oxygen atoms in total. The smallest absolute Gasteiger partial charge is 0.138 e. The molecule has 2 heteroatoms. The van der Waals surface area contributed by atoms with E-state index in [1.807, 2.05) is 17.8 Å². The highest BCUT2D eigenvalue weighted by Gasteiger charge is 2.56. The minimum absolute atomic E-state index is 0.128. The molecule has 1 heterocycles. The zero-order chi connectivity index (χ0) is 10.6. The zero-order valence-corrected chi connectivity index (χ0v) is 9.99. The van der Waals surface area contributed by atoms with Gasteiger partial charge in [-0.25, -0.2) is 0 Å². The summed E-state index contributed by atoms with van der Waals surface area (Å²) in [6, 6.07) is 0. The van der Waals surface area contributed by atoms with Crippen LogP contribution in [0.1, 0.15) is 33.6 Å². The minimum Gasteiger partial charge on any atom is -0.299 e. The van der Waals surface area contributed by atoms with Gasteiger partial charge in [0.25, 0.3) is 0 Å². The van der Waals surface area contributed by atoms with E-state index in [0.29, 0.717) is 17.0 Å². The van der Waals surface area contributed by atoms with E-state index in [2.05, 4.69) is 27.4 Å². The van der Waals surface area contributed by atoms with Crippen molar-refractivity contribution < 1.29 is 4.79 Å². The summed E-state index contributed by atoms with van der Waals surface area (Å²) >= 11 is 1.98. The highest BCUT2D eigenvalue weighted by Crippen LogP contribution is 2.60. The molecule has 2 rings (SSSR count). The topological polar surface area (TPSA) is 17.1 Å². The van der Waals surface area contributed by atoms with Gasteiger partial charge >= 0.3 is 0 Å². The summed E-state index contributed by atoms with van der Waals surface area (Å²) in [5.74, 6) is 0.786. The molecule has 0 aromatic carbocycles. The second kappa shape index (κ2) is 2.88. The van der Waals surface area contributed by atoms with Crippen molar-refractivity contribution in [1.29, 1.82) is 0 Å². The van der Waals surface area contributed by atoms with Gasteiger partial charge in [-0.15, -0.1) is 6.58 Å². The fourth-order valence-corrected chi connectivity index (χ4v) is 4.42. The Bertz CT molecular complexity index is 295. The van der Waals surface area contributed by atoms with Gasteiger partial charge in [-0.1, -0.05) is 26.8 Å². The highest BCUT2D eigenvalue weighted by atomic mass is 32.2. The molecule has 2 aliphatic rings. The normalized spacial score (nSPS) is 45.2. The average Bonchev–Trinajstić information content (AvgIpc) is 2.07. The molecule has 0 radical (unpaired) electrons. The molecule has 0 N–H and O–H groups in total. The summed E-state index contributed by atoms with van der Waals surface area (Å²) < 4.78 is 0.128. The third-order valence-electron chi connectivity index (χ3n) is 3.60. The Hall–Kier alpha value is -0.240. The SMILES string of the molecule is C=C[C@@]1(C)C[C@@H]2C(=O)CC(C)(C)S[C@H]21. The molecular weight excluding hydrogens is 192 g/mol. The van der Waals surface area contributed by atoms with Crippen molar-refractivity contribution in [2.75, 3.05) is 0 Å². The number of carbonyl (C=O) groups is 1. The molecule has 1 saturated carbocycles. The van der Waals surface area contributed by atoms with Gasteiger partial charge in [0.2, 0.25) is 0 Å². The first kappa shape index (κ1) is 10.3. The molecule has 0 amide bonds. The monoisotopic (exact) mass is 210 g/mol. The number of ketones is 1. The molecule has 1 saturated heterocycles. The Labute approximate surface area is 90.3 Å². The minimum atomic E-state index is 0.128. The van der Waals surface area contributed by atoms with E-state index >= 15 is 0 Å². The van der Waals surface area contributed by atoms with Gasteiger partial charge in [0.1, 0.15) is 5.78 Å². The Morgan fingerprint density at radius 1 is 1.50 bits per heavy atom. The van der Waals surface area contributed by atoms with Crippen LogP contribution in [0.4, 0.5) is 0 Å². The van der Waals surface area contributed by atoms with Gasteiger partial charge in [-0.3, -0.25) is 4.79 Å². The van der Waals surface area contributed by atoms with Gasteiger partial charge in [0, 0.05) is 22.3 Å². The molecule has 0 aromatic heterocycles. The molecule has 0 spiro atoms. The first-order valence-electron chi connectivity index (χ1n) is 5.22. The van der Waals surface area contributed by atoms with Gasteiger partial charge < -0.3 is 0 Å².